The van der Waals surface area contributed by atoms with E-state index in [0.29, 0.717) is 47.2 Å². The predicted octanol–water partition coefficient (Wildman–Crippen LogP) is 8.11. The van der Waals surface area contributed by atoms with Crippen molar-refractivity contribution in [2.45, 2.75) is 82.0 Å². The molecule has 7 nitrogen and oxygen atoms in total. The van der Waals surface area contributed by atoms with E-state index >= 15 is 4.39 Å². The molecule has 44 heavy (non-hydrogen) atoms. The molecule has 3 aliphatic rings. The summed E-state index contributed by atoms with van der Waals surface area (Å²) < 4.78 is 58.3. The number of nitrogens with one attached hydrogen (secondary N) is 1. The minimum Gasteiger partial charge on any atom is -0.413 e. The first-order valence-corrected chi connectivity index (χ1v) is 18.7. The maximum atomic E-state index is 15.4. The largest absolute Gasteiger partial charge is 0.586 e. The zero-order chi connectivity index (χ0) is 31.7. The van der Waals surface area contributed by atoms with Crippen molar-refractivity contribution in [1.29, 1.82) is 0 Å². The molecule has 6 rings (SSSR count). The Morgan fingerprint density at radius 1 is 1.18 bits per heavy atom. The highest BCUT2D eigenvalue weighted by Gasteiger charge is 2.53. The molecule has 2 fully saturated rings. The van der Waals surface area contributed by atoms with Gasteiger partial charge in [0.2, 0.25) is 5.91 Å². The van der Waals surface area contributed by atoms with Gasteiger partial charge in [0.05, 0.1) is 17.6 Å². The van der Waals surface area contributed by atoms with E-state index < -0.39 is 31.9 Å². The van der Waals surface area contributed by atoms with Crippen molar-refractivity contribution >= 4 is 42.3 Å². The molecule has 1 saturated carbocycles. The number of likely N-dealkylation sites (tertiary alicyclic amines) is 1. The second-order valence-corrected chi connectivity index (χ2v) is 19.5. The SMILES string of the molecule is CC(C)(C)[Si](C)(C)O[C@@H]1CCN([C@@H](c2cnc(NC(=O)C3(c4ccc5c(c4)OC(F)(F)O5)CC3)s2)c2ccc(Cl)cc2F)C1. The molecular formula is C31H35ClF3N3O4SSi. The first-order chi connectivity index (χ1) is 20.6. The number of hydrogen-bond donors (Lipinski definition) is 1. The van der Waals surface area contributed by atoms with E-state index in [4.69, 9.17) is 16.0 Å². The molecule has 2 aromatic carbocycles. The minimum absolute atomic E-state index is 0.0252. The Balaban J connectivity index is 1.22. The lowest BCUT2D eigenvalue weighted by molar-refractivity contribution is -0.286. The van der Waals surface area contributed by atoms with Crippen LogP contribution in [0.1, 0.15) is 62.1 Å². The predicted molar refractivity (Wildman–Crippen MR) is 166 cm³/mol. The Bertz CT molecular complexity index is 1590. The van der Waals surface area contributed by atoms with Gasteiger partial charge in [-0.05, 0) is 67.2 Å². The maximum Gasteiger partial charge on any atom is 0.586 e. The molecule has 0 radical (unpaired) electrons. The van der Waals surface area contributed by atoms with E-state index in [9.17, 15) is 13.6 Å². The Labute approximate surface area is 264 Å². The number of rotatable bonds is 8. The molecule has 1 amide bonds. The van der Waals surface area contributed by atoms with E-state index in [1.807, 2.05) is 0 Å². The third kappa shape index (κ3) is 5.99. The van der Waals surface area contributed by atoms with Crippen molar-refractivity contribution < 1.29 is 31.9 Å². The standard InChI is InChI=1S/C31H35ClF3N3O4SSi/c1-29(2,3)44(4,5)42-20-10-13-38(17-20)26(21-8-7-19(32)15-22(21)33)25-16-36-28(43-25)37-27(39)30(11-12-30)18-6-9-23-24(14-18)41-31(34,35)40-23/h6-9,14-16,20,26H,10-13,17H2,1-5H3,(H,36,37,39)/t20-,26-/m1/s1. The highest BCUT2D eigenvalue weighted by Crippen LogP contribution is 2.52. The van der Waals surface area contributed by atoms with Crippen molar-refractivity contribution in [3.8, 4) is 11.5 Å². The molecule has 13 heteroatoms. The molecule has 0 bridgehead atoms. The van der Waals surface area contributed by atoms with Gasteiger partial charge >= 0.3 is 6.29 Å². The van der Waals surface area contributed by atoms with E-state index in [2.05, 4.69) is 58.5 Å². The van der Waals surface area contributed by atoms with Crippen LogP contribution >= 0.6 is 22.9 Å². The van der Waals surface area contributed by atoms with E-state index in [0.717, 1.165) is 11.3 Å². The molecule has 1 aromatic heterocycles. The number of amides is 1. The van der Waals surface area contributed by atoms with E-state index in [1.165, 1.54) is 29.5 Å². The average Bonchev–Trinajstić information content (AvgIpc) is 3.22. The van der Waals surface area contributed by atoms with Crippen LogP contribution in [0.15, 0.2) is 42.6 Å². The van der Waals surface area contributed by atoms with Crippen molar-refractivity contribution in [3.05, 3.63) is 69.4 Å². The number of halogens is 4. The minimum atomic E-state index is -3.73. The summed E-state index contributed by atoms with van der Waals surface area (Å²) in [5, 5.41) is 3.67. The van der Waals surface area contributed by atoms with E-state index in [1.54, 1.807) is 24.4 Å². The van der Waals surface area contributed by atoms with Gasteiger partial charge in [-0.1, -0.05) is 55.8 Å². The number of carbonyl (C=O) groups is 1. The van der Waals surface area contributed by atoms with Crippen molar-refractivity contribution in [2.75, 3.05) is 18.4 Å². The zero-order valence-electron chi connectivity index (χ0n) is 25.2. The molecule has 2 atom stereocenters. The third-order valence-electron chi connectivity index (χ3n) is 9.22. The van der Waals surface area contributed by atoms with Gasteiger partial charge in [0, 0.05) is 34.7 Å². The van der Waals surface area contributed by atoms with Crippen LogP contribution in [0, 0.1) is 5.82 Å². The summed E-state index contributed by atoms with van der Waals surface area (Å²) in [6, 6.07) is 8.67. The van der Waals surface area contributed by atoms with Crippen LogP contribution in [0.5, 0.6) is 11.5 Å². The first-order valence-electron chi connectivity index (χ1n) is 14.6. The van der Waals surface area contributed by atoms with Crippen molar-refractivity contribution in [3.63, 3.8) is 0 Å². The summed E-state index contributed by atoms with van der Waals surface area (Å²) >= 11 is 7.37. The molecule has 236 valence electrons. The topological polar surface area (TPSA) is 72.9 Å². The lowest BCUT2D eigenvalue weighted by atomic mass is 9.94. The van der Waals surface area contributed by atoms with Gasteiger partial charge in [0.25, 0.3) is 0 Å². The quantitative estimate of drug-likeness (QED) is 0.245. The fraction of sp³-hybridized carbons (Fsp3) is 0.484. The van der Waals surface area contributed by atoms with Gasteiger partial charge in [-0.2, -0.15) is 0 Å². The highest BCUT2D eigenvalue weighted by molar-refractivity contribution is 7.15. The number of anilines is 1. The number of alkyl halides is 2. The summed E-state index contributed by atoms with van der Waals surface area (Å²) in [5.41, 5.74) is 0.157. The lowest BCUT2D eigenvalue weighted by Crippen LogP contribution is -2.44. The molecule has 0 spiro atoms. The number of benzene rings is 2. The average molecular weight is 666 g/mol. The molecule has 3 aromatic rings. The zero-order valence-corrected chi connectivity index (χ0v) is 27.8. The van der Waals surface area contributed by atoms with Gasteiger partial charge in [-0.25, -0.2) is 9.37 Å². The molecule has 3 heterocycles. The van der Waals surface area contributed by atoms with Crippen molar-refractivity contribution in [1.82, 2.24) is 9.88 Å². The number of fused-ring (bicyclic) bond motifs is 1. The van der Waals surface area contributed by atoms with Gasteiger partial charge in [-0.3, -0.25) is 9.69 Å². The number of carbonyl (C=O) groups excluding carboxylic acids is 1. The second kappa shape index (κ2) is 11.0. The van der Waals surface area contributed by atoms with Crippen molar-refractivity contribution in [2.24, 2.45) is 0 Å². The Morgan fingerprint density at radius 3 is 2.59 bits per heavy atom. The summed E-state index contributed by atoms with van der Waals surface area (Å²) in [6.45, 7) is 12.4. The second-order valence-electron chi connectivity index (χ2n) is 13.3. The maximum absolute atomic E-state index is 15.4. The number of hydrogen-bond acceptors (Lipinski definition) is 7. The lowest BCUT2D eigenvalue weighted by Gasteiger charge is -2.38. The summed E-state index contributed by atoms with van der Waals surface area (Å²) in [5.74, 6) is -0.876. The highest BCUT2D eigenvalue weighted by atomic mass is 35.5. The normalized spacial score (nSPS) is 21.3. The smallest absolute Gasteiger partial charge is 0.413 e. The molecule has 2 aliphatic heterocycles. The van der Waals surface area contributed by atoms with Gasteiger partial charge < -0.3 is 19.2 Å². The fourth-order valence-corrected chi connectivity index (χ4v) is 8.14. The van der Waals surface area contributed by atoms with Crippen LogP contribution in [0.4, 0.5) is 18.3 Å². The molecular weight excluding hydrogens is 631 g/mol. The molecule has 1 aliphatic carbocycles. The third-order valence-corrected chi connectivity index (χ3v) is 15.0. The fourth-order valence-electron chi connectivity index (χ4n) is 5.64. The van der Waals surface area contributed by atoms with Gasteiger partial charge in [0.1, 0.15) is 5.82 Å². The van der Waals surface area contributed by atoms with Gasteiger partial charge in [-0.15, -0.1) is 8.78 Å². The van der Waals surface area contributed by atoms with Crippen LogP contribution in [-0.4, -0.2) is 49.6 Å². The van der Waals surface area contributed by atoms with E-state index in [-0.39, 0.29) is 28.5 Å². The van der Waals surface area contributed by atoms with Gasteiger partial charge in [0.15, 0.2) is 24.9 Å². The van der Waals surface area contributed by atoms with Crippen LogP contribution in [-0.2, 0) is 14.6 Å². The summed E-state index contributed by atoms with van der Waals surface area (Å²) in [6.07, 6.45) is -0.112. The number of ether oxygens (including phenoxy) is 2. The Morgan fingerprint density at radius 2 is 1.91 bits per heavy atom. The van der Waals surface area contributed by atoms with Crippen LogP contribution in [0.3, 0.4) is 0 Å². The monoisotopic (exact) mass is 665 g/mol. The van der Waals surface area contributed by atoms with Crippen LogP contribution in [0.2, 0.25) is 23.2 Å². The molecule has 0 unspecified atom stereocenters. The number of nitrogens with zero attached hydrogens (tertiary/aromatic N) is 2. The summed E-state index contributed by atoms with van der Waals surface area (Å²) in [7, 11) is -2.01. The Hall–Kier alpha value is -2.64. The van der Waals surface area contributed by atoms with Crippen LogP contribution in [0.25, 0.3) is 0 Å². The Kier molecular flexibility index (Phi) is 7.84. The number of thiazole rings is 1. The number of aromatic nitrogens is 1. The molecule has 1 N–H and O–H groups in total. The van der Waals surface area contributed by atoms with Crippen LogP contribution < -0.4 is 14.8 Å². The first kappa shape index (κ1) is 31.3. The summed E-state index contributed by atoms with van der Waals surface area (Å²) in [4.78, 5) is 21.0. The molecule has 1 saturated heterocycles.